The maximum atomic E-state index is 6.43. The van der Waals surface area contributed by atoms with Crippen molar-refractivity contribution in [1.82, 2.24) is 0 Å². The summed E-state index contributed by atoms with van der Waals surface area (Å²) in [7, 11) is 0. The molecule has 25 heavy (non-hydrogen) atoms. The minimum Gasteiger partial charge on any atom is -0.211 e. The molecule has 1 nitrogen and oxygen atoms in total. The molecule has 0 saturated heterocycles. The van der Waals surface area contributed by atoms with Crippen LogP contribution < -0.4 is 0 Å². The van der Waals surface area contributed by atoms with Crippen molar-refractivity contribution in [2.45, 2.75) is 19.8 Å². The Kier molecular flexibility index (Phi) is 3.05. The summed E-state index contributed by atoms with van der Waals surface area (Å²) in [4.78, 5) is 0. The lowest BCUT2D eigenvalue weighted by molar-refractivity contribution is 0.500. The zero-order valence-electron chi connectivity index (χ0n) is 14.4. The first kappa shape index (κ1) is 14.4. The van der Waals surface area contributed by atoms with Crippen LogP contribution in [0.4, 0.5) is 0 Å². The van der Waals surface area contributed by atoms with Crippen molar-refractivity contribution >= 4 is 10.8 Å². The van der Waals surface area contributed by atoms with E-state index in [1.165, 1.54) is 33.0 Å². The fraction of sp³-hybridized carbons (Fsp3) is 0.125. The number of aryl methyl sites for hydroxylation is 1. The van der Waals surface area contributed by atoms with E-state index in [9.17, 15) is 0 Å². The van der Waals surface area contributed by atoms with Gasteiger partial charge >= 0.3 is 11.5 Å². The van der Waals surface area contributed by atoms with Crippen LogP contribution in [0, 0.1) is 6.92 Å². The molecule has 0 aliphatic heterocycles. The van der Waals surface area contributed by atoms with E-state index in [-0.39, 0.29) is 0 Å². The molecular formula is C24H19O+. The average Bonchev–Trinajstić information content (AvgIpc) is 2.95. The van der Waals surface area contributed by atoms with Gasteiger partial charge in [0.1, 0.15) is 0 Å². The fourth-order valence-electron chi connectivity index (χ4n) is 4.04. The van der Waals surface area contributed by atoms with Gasteiger partial charge in [0.15, 0.2) is 0 Å². The highest BCUT2D eigenvalue weighted by Crippen LogP contribution is 2.47. The van der Waals surface area contributed by atoms with E-state index < -0.39 is 0 Å². The maximum absolute atomic E-state index is 6.43. The minimum atomic E-state index is 0.297. The molecule has 1 heteroatoms. The van der Waals surface area contributed by atoms with Crippen LogP contribution in [-0.4, -0.2) is 0 Å². The lowest BCUT2D eigenvalue weighted by Gasteiger charge is -2.02. The standard InChI is InChI=1S/C24H19O/c1-15-13-22(19-12-11-17-7-3-4-8-18(17)14-19)25-24-16(2)20-9-5-6-10-21(20)23(15)24/h3-14,16H,1-2H3/q+1. The van der Waals surface area contributed by atoms with E-state index in [2.05, 4.69) is 86.6 Å². The minimum absolute atomic E-state index is 0.297. The quantitative estimate of drug-likeness (QED) is 0.350. The molecule has 5 rings (SSSR count). The van der Waals surface area contributed by atoms with Crippen LogP contribution in [-0.2, 0) is 0 Å². The van der Waals surface area contributed by atoms with Crippen molar-refractivity contribution in [3.05, 3.63) is 89.7 Å². The van der Waals surface area contributed by atoms with Gasteiger partial charge in [-0.05, 0) is 53.4 Å². The first-order chi connectivity index (χ1) is 12.2. The number of fused-ring (bicyclic) bond motifs is 4. The number of hydrogen-bond acceptors (Lipinski definition) is 0. The molecule has 4 aromatic rings. The fourth-order valence-corrected chi connectivity index (χ4v) is 4.04. The molecule has 1 aliphatic rings. The number of hydrogen-bond donors (Lipinski definition) is 0. The molecule has 1 heterocycles. The zero-order valence-corrected chi connectivity index (χ0v) is 14.4. The predicted molar refractivity (Wildman–Crippen MR) is 104 cm³/mol. The van der Waals surface area contributed by atoms with Crippen molar-refractivity contribution in [1.29, 1.82) is 0 Å². The summed E-state index contributed by atoms with van der Waals surface area (Å²) in [5.41, 5.74) is 6.36. The number of rotatable bonds is 1. The van der Waals surface area contributed by atoms with Crippen molar-refractivity contribution in [3.63, 3.8) is 0 Å². The summed E-state index contributed by atoms with van der Waals surface area (Å²) in [6.45, 7) is 4.42. The second-order valence-corrected chi connectivity index (χ2v) is 6.90. The summed E-state index contributed by atoms with van der Waals surface area (Å²) in [5.74, 6) is 2.33. The van der Waals surface area contributed by atoms with Gasteiger partial charge in [-0.3, -0.25) is 0 Å². The molecule has 0 radical (unpaired) electrons. The highest BCUT2D eigenvalue weighted by atomic mass is 16.3. The summed E-state index contributed by atoms with van der Waals surface area (Å²) >= 11 is 0. The SMILES string of the molecule is Cc1cc(-c2ccc3ccccc3c2)[o+]c2c1-c1ccccc1C2C. The summed E-state index contributed by atoms with van der Waals surface area (Å²) in [6.07, 6.45) is 0. The van der Waals surface area contributed by atoms with Gasteiger partial charge in [0.25, 0.3) is 0 Å². The van der Waals surface area contributed by atoms with E-state index in [1.54, 1.807) is 0 Å². The van der Waals surface area contributed by atoms with Crippen LogP contribution in [0.25, 0.3) is 33.2 Å². The van der Waals surface area contributed by atoms with E-state index in [1.807, 2.05) is 0 Å². The Bertz CT molecular complexity index is 1120. The van der Waals surface area contributed by atoms with Crippen molar-refractivity contribution < 1.29 is 4.42 Å². The van der Waals surface area contributed by atoms with Gasteiger partial charge in [-0.2, -0.15) is 0 Å². The zero-order chi connectivity index (χ0) is 17.0. The Hall–Kier alpha value is -2.93. The van der Waals surface area contributed by atoms with E-state index in [4.69, 9.17) is 4.42 Å². The highest BCUT2D eigenvalue weighted by Gasteiger charge is 2.37. The summed E-state index contributed by atoms with van der Waals surface area (Å²) in [5, 5.41) is 2.49. The Balaban J connectivity index is 1.71. The Morgan fingerprint density at radius 2 is 1.56 bits per heavy atom. The van der Waals surface area contributed by atoms with Gasteiger partial charge in [-0.25, -0.2) is 4.42 Å². The molecule has 1 aromatic heterocycles. The van der Waals surface area contributed by atoms with Crippen molar-refractivity contribution in [3.8, 4) is 22.5 Å². The van der Waals surface area contributed by atoms with Crippen LogP contribution in [0.5, 0.6) is 0 Å². The summed E-state index contributed by atoms with van der Waals surface area (Å²) < 4.78 is 6.43. The third kappa shape index (κ3) is 2.12. The maximum Gasteiger partial charge on any atom is 0.360 e. The van der Waals surface area contributed by atoms with Crippen LogP contribution in [0.3, 0.4) is 0 Å². The molecule has 120 valence electrons. The third-order valence-electron chi connectivity index (χ3n) is 5.33. The van der Waals surface area contributed by atoms with Gasteiger partial charge in [-0.15, -0.1) is 0 Å². The second kappa shape index (κ2) is 5.29. The molecular weight excluding hydrogens is 304 g/mol. The predicted octanol–water partition coefficient (Wildman–Crippen LogP) is 6.82. The number of benzene rings is 3. The first-order valence-corrected chi connectivity index (χ1v) is 8.78. The molecule has 1 atom stereocenters. The lowest BCUT2D eigenvalue weighted by atomic mass is 10.0. The monoisotopic (exact) mass is 323 g/mol. The van der Waals surface area contributed by atoms with Gasteiger partial charge in [0, 0.05) is 6.07 Å². The Morgan fingerprint density at radius 1 is 0.800 bits per heavy atom. The average molecular weight is 323 g/mol. The molecule has 0 amide bonds. The van der Waals surface area contributed by atoms with Crippen LogP contribution in [0.1, 0.15) is 29.7 Å². The van der Waals surface area contributed by atoms with Crippen LogP contribution in [0.2, 0.25) is 0 Å². The Morgan fingerprint density at radius 3 is 2.44 bits per heavy atom. The third-order valence-corrected chi connectivity index (χ3v) is 5.33. The summed E-state index contributed by atoms with van der Waals surface area (Å²) in [6, 6.07) is 25.8. The van der Waals surface area contributed by atoms with Crippen LogP contribution >= 0.6 is 0 Å². The molecule has 1 unspecified atom stereocenters. The highest BCUT2D eigenvalue weighted by molar-refractivity contribution is 5.87. The molecule has 3 aromatic carbocycles. The molecule has 0 spiro atoms. The van der Waals surface area contributed by atoms with Gasteiger partial charge in [0.2, 0.25) is 0 Å². The van der Waals surface area contributed by atoms with Gasteiger partial charge in [0.05, 0.1) is 17.0 Å². The van der Waals surface area contributed by atoms with Gasteiger partial charge in [-0.1, -0.05) is 54.6 Å². The molecule has 0 N–H and O–H groups in total. The largest absolute Gasteiger partial charge is 0.360 e. The van der Waals surface area contributed by atoms with Crippen molar-refractivity contribution in [2.24, 2.45) is 0 Å². The Labute approximate surface area is 147 Å². The molecule has 0 fully saturated rings. The van der Waals surface area contributed by atoms with Gasteiger partial charge < -0.3 is 0 Å². The lowest BCUT2D eigenvalue weighted by Crippen LogP contribution is -1.92. The van der Waals surface area contributed by atoms with E-state index >= 15 is 0 Å². The molecule has 1 aliphatic carbocycles. The topological polar surface area (TPSA) is 11.3 Å². The molecule has 0 saturated carbocycles. The smallest absolute Gasteiger partial charge is 0.211 e. The van der Waals surface area contributed by atoms with Crippen molar-refractivity contribution in [2.75, 3.05) is 0 Å². The first-order valence-electron chi connectivity index (χ1n) is 8.78. The normalized spacial score (nSPS) is 15.2. The van der Waals surface area contributed by atoms with E-state index in [0.29, 0.717) is 5.92 Å². The second-order valence-electron chi connectivity index (χ2n) is 6.90. The molecule has 0 bridgehead atoms. The van der Waals surface area contributed by atoms with E-state index in [0.717, 1.165) is 17.1 Å². The van der Waals surface area contributed by atoms with Crippen LogP contribution in [0.15, 0.2) is 77.2 Å².